The molecule has 0 atom stereocenters. The van der Waals surface area contributed by atoms with Crippen LogP contribution in [0.25, 0.3) is 0 Å². The van der Waals surface area contributed by atoms with Gasteiger partial charge in [0.2, 0.25) is 7.42 Å². The molecule has 0 aromatic rings. The van der Waals surface area contributed by atoms with Gasteiger partial charge in [-0.1, -0.05) is 212 Å². The SMILES string of the molecule is NCCCCCCCCCCCCCCCCCCCCCCCCCCCCCCCCCCCC[SiH](Cl)Cl. The smallest absolute Gasteiger partial charge is 0.237 e. The number of hydrogen-bond donors (Lipinski definition) is 1. The van der Waals surface area contributed by atoms with E-state index in [1.54, 1.807) is 0 Å². The van der Waals surface area contributed by atoms with Gasteiger partial charge in [-0.15, -0.1) is 0 Å². The van der Waals surface area contributed by atoms with Gasteiger partial charge in [-0.3, -0.25) is 0 Å². The lowest BCUT2D eigenvalue weighted by molar-refractivity contribution is 0.511. The summed E-state index contributed by atoms with van der Waals surface area (Å²) in [6.07, 6.45) is 49.0. The van der Waals surface area contributed by atoms with Gasteiger partial charge in [-0.2, -0.15) is 22.2 Å². The van der Waals surface area contributed by atoms with E-state index in [1.165, 1.54) is 218 Å². The van der Waals surface area contributed by atoms with Gasteiger partial charge in [0, 0.05) is 0 Å². The molecule has 0 aliphatic carbocycles. The highest BCUT2D eigenvalue weighted by Crippen LogP contribution is 2.17. The third kappa shape index (κ3) is 38.8. The first-order chi connectivity index (χ1) is 19.8. The average molecular weight is 621 g/mol. The lowest BCUT2D eigenvalue weighted by Crippen LogP contribution is -1.97. The minimum Gasteiger partial charge on any atom is -0.330 e. The van der Waals surface area contributed by atoms with Crippen LogP contribution in [-0.4, -0.2) is 14.0 Å². The standard InChI is InChI=1S/C36H75Cl2NSi/c37-40(38)36-34-32-30-28-26-24-22-20-18-16-14-12-10-8-6-4-2-1-3-5-7-9-11-13-15-17-19-21-23-25-27-29-31-33-35-39/h40H,1-36,39H2. The van der Waals surface area contributed by atoms with Crippen molar-refractivity contribution in [3.8, 4) is 0 Å². The zero-order valence-corrected chi connectivity index (χ0v) is 30.0. The summed E-state index contributed by atoms with van der Waals surface area (Å²) < 4.78 is 0. The number of unbranched alkanes of at least 4 members (excludes halogenated alkanes) is 33. The molecule has 0 unspecified atom stereocenters. The van der Waals surface area contributed by atoms with Crippen LogP contribution in [0.15, 0.2) is 0 Å². The predicted molar refractivity (Wildman–Crippen MR) is 190 cm³/mol. The first-order valence-electron chi connectivity index (χ1n) is 18.8. The fourth-order valence-electron chi connectivity index (χ4n) is 6.10. The number of rotatable bonds is 36. The maximum absolute atomic E-state index is 5.91. The fraction of sp³-hybridized carbons (Fsp3) is 1.00. The van der Waals surface area contributed by atoms with Gasteiger partial charge in [-0.05, 0) is 19.0 Å². The van der Waals surface area contributed by atoms with Crippen molar-refractivity contribution in [1.29, 1.82) is 0 Å². The molecule has 0 aromatic heterocycles. The molecule has 1 nitrogen and oxygen atoms in total. The molecular formula is C36H75Cl2NSi. The minimum atomic E-state index is -1.34. The van der Waals surface area contributed by atoms with Gasteiger partial charge in [0.05, 0.1) is 0 Å². The van der Waals surface area contributed by atoms with Crippen molar-refractivity contribution < 1.29 is 0 Å². The van der Waals surface area contributed by atoms with Crippen LogP contribution >= 0.6 is 22.2 Å². The van der Waals surface area contributed by atoms with Gasteiger partial charge in [-0.25, -0.2) is 0 Å². The summed E-state index contributed by atoms with van der Waals surface area (Å²) in [5, 5.41) is 0. The molecule has 0 rings (SSSR count). The van der Waals surface area contributed by atoms with Crippen molar-refractivity contribution >= 4 is 29.6 Å². The first kappa shape index (κ1) is 40.8. The molecule has 0 aromatic carbocycles. The second-order valence-electron chi connectivity index (χ2n) is 13.0. The first-order valence-corrected chi connectivity index (χ1v) is 23.1. The van der Waals surface area contributed by atoms with Crippen LogP contribution in [0.4, 0.5) is 0 Å². The van der Waals surface area contributed by atoms with E-state index in [1.807, 2.05) is 0 Å². The number of hydrogen-bond acceptors (Lipinski definition) is 1. The molecule has 2 N–H and O–H groups in total. The van der Waals surface area contributed by atoms with Crippen LogP contribution in [0, 0.1) is 0 Å². The molecule has 0 saturated carbocycles. The van der Waals surface area contributed by atoms with E-state index in [9.17, 15) is 0 Å². The monoisotopic (exact) mass is 620 g/mol. The Bertz CT molecular complexity index is 435. The van der Waals surface area contributed by atoms with E-state index in [2.05, 4.69) is 0 Å². The van der Waals surface area contributed by atoms with Crippen molar-refractivity contribution in [3.63, 3.8) is 0 Å². The van der Waals surface area contributed by atoms with Crippen LogP contribution < -0.4 is 5.73 Å². The summed E-state index contributed by atoms with van der Waals surface area (Å²) in [4.78, 5) is 0. The molecule has 0 aliphatic rings. The highest BCUT2D eigenvalue weighted by atomic mass is 35.7. The molecule has 242 valence electrons. The molecule has 0 bridgehead atoms. The van der Waals surface area contributed by atoms with E-state index in [0.717, 1.165) is 12.6 Å². The van der Waals surface area contributed by atoms with Gasteiger partial charge in [0.25, 0.3) is 0 Å². The Morgan fingerprint density at radius 1 is 0.250 bits per heavy atom. The summed E-state index contributed by atoms with van der Waals surface area (Å²) in [5.41, 5.74) is 5.55. The Labute approximate surface area is 265 Å². The quantitative estimate of drug-likeness (QED) is 0.0421. The average Bonchev–Trinajstić information content (AvgIpc) is 2.95. The van der Waals surface area contributed by atoms with Crippen LogP contribution in [0.5, 0.6) is 0 Å². The normalized spacial score (nSPS) is 11.7. The van der Waals surface area contributed by atoms with E-state index in [0.29, 0.717) is 0 Å². The van der Waals surface area contributed by atoms with Crippen molar-refractivity contribution in [2.45, 2.75) is 224 Å². The third-order valence-corrected chi connectivity index (χ3v) is 11.0. The van der Waals surface area contributed by atoms with E-state index in [4.69, 9.17) is 27.9 Å². The highest BCUT2D eigenvalue weighted by molar-refractivity contribution is 7.33. The third-order valence-electron chi connectivity index (χ3n) is 8.88. The maximum atomic E-state index is 5.91. The zero-order chi connectivity index (χ0) is 29.0. The van der Waals surface area contributed by atoms with Gasteiger partial charge in [0.15, 0.2) is 0 Å². The van der Waals surface area contributed by atoms with Gasteiger partial charge >= 0.3 is 0 Å². The Morgan fingerprint density at radius 2 is 0.400 bits per heavy atom. The lowest BCUT2D eigenvalue weighted by atomic mass is 10.0. The predicted octanol–water partition coefficient (Wildman–Crippen LogP) is 13.9. The maximum Gasteiger partial charge on any atom is 0.237 e. The number of halogens is 2. The van der Waals surface area contributed by atoms with Gasteiger partial charge in [0.1, 0.15) is 0 Å². The van der Waals surface area contributed by atoms with Crippen LogP contribution in [0.3, 0.4) is 0 Å². The second-order valence-corrected chi connectivity index (χ2v) is 18.2. The fourth-order valence-corrected chi connectivity index (χ4v) is 7.62. The summed E-state index contributed by atoms with van der Waals surface area (Å²) in [7, 11) is -1.34. The molecular weight excluding hydrogens is 545 g/mol. The molecule has 0 aliphatic heterocycles. The molecule has 4 heteroatoms. The summed E-state index contributed by atoms with van der Waals surface area (Å²) in [5.74, 6) is 0. The molecule has 0 spiro atoms. The molecule has 0 saturated heterocycles. The molecule has 0 amide bonds. The topological polar surface area (TPSA) is 26.0 Å². The Morgan fingerprint density at radius 3 is 0.550 bits per heavy atom. The molecule has 0 radical (unpaired) electrons. The number of nitrogens with two attached hydrogens (primary N) is 1. The van der Waals surface area contributed by atoms with Crippen molar-refractivity contribution in [2.24, 2.45) is 5.73 Å². The van der Waals surface area contributed by atoms with Gasteiger partial charge < -0.3 is 5.73 Å². The van der Waals surface area contributed by atoms with Crippen LogP contribution in [0.2, 0.25) is 6.04 Å². The lowest BCUT2D eigenvalue weighted by Gasteiger charge is -2.05. The zero-order valence-electron chi connectivity index (χ0n) is 27.4. The van der Waals surface area contributed by atoms with E-state index >= 15 is 0 Å². The highest BCUT2D eigenvalue weighted by Gasteiger charge is 2.01. The molecule has 0 heterocycles. The van der Waals surface area contributed by atoms with Crippen molar-refractivity contribution in [1.82, 2.24) is 0 Å². The Kier molecular flexibility index (Phi) is 38.5. The van der Waals surface area contributed by atoms with Crippen LogP contribution in [-0.2, 0) is 0 Å². The van der Waals surface area contributed by atoms with E-state index in [-0.39, 0.29) is 0 Å². The second kappa shape index (κ2) is 37.8. The van der Waals surface area contributed by atoms with E-state index < -0.39 is 7.42 Å². The van der Waals surface area contributed by atoms with Crippen molar-refractivity contribution in [3.05, 3.63) is 0 Å². The summed E-state index contributed by atoms with van der Waals surface area (Å²) in [6, 6.07) is 1.10. The van der Waals surface area contributed by atoms with Crippen molar-refractivity contribution in [2.75, 3.05) is 6.54 Å². The largest absolute Gasteiger partial charge is 0.330 e. The molecule has 0 fully saturated rings. The minimum absolute atomic E-state index is 0.872. The summed E-state index contributed by atoms with van der Waals surface area (Å²) in [6.45, 7) is 0.872. The summed E-state index contributed by atoms with van der Waals surface area (Å²) >= 11 is 11.8. The Balaban J connectivity index is 3.02. The Hall–Kier alpha value is 0.757. The van der Waals surface area contributed by atoms with Crippen LogP contribution in [0.1, 0.15) is 218 Å². The molecule has 40 heavy (non-hydrogen) atoms.